The Morgan fingerprint density at radius 2 is 2.00 bits per heavy atom. The van der Waals surface area contributed by atoms with Gasteiger partial charge >= 0.3 is 0 Å². The summed E-state index contributed by atoms with van der Waals surface area (Å²) in [6.45, 7) is 0. The van der Waals surface area contributed by atoms with Gasteiger partial charge in [-0.05, 0) is 22.9 Å². The topological polar surface area (TPSA) is 12.9 Å². The van der Waals surface area contributed by atoms with E-state index in [-0.39, 0.29) is 0 Å². The van der Waals surface area contributed by atoms with E-state index in [1.807, 2.05) is 18.3 Å². The summed E-state index contributed by atoms with van der Waals surface area (Å²) in [5.74, 6) is 0. The number of aromatic nitrogens is 1. The molecule has 0 unspecified atom stereocenters. The molecule has 0 aliphatic carbocycles. The molecule has 56 valence electrons. The quantitative estimate of drug-likeness (QED) is 0.484. The highest BCUT2D eigenvalue weighted by molar-refractivity contribution is 5.99. The molecule has 1 heteroatoms. The Hall–Kier alpha value is -1.63. The fourth-order valence-electron chi connectivity index (χ4n) is 1.61. The molecule has 0 saturated carbocycles. The minimum Gasteiger partial charge on any atom is -0.256 e. The zero-order valence-corrected chi connectivity index (χ0v) is 6.49. The van der Waals surface area contributed by atoms with Gasteiger partial charge in [0, 0.05) is 11.6 Å². The van der Waals surface area contributed by atoms with Gasteiger partial charge in [-0.1, -0.05) is 24.3 Å². The molecule has 0 aliphatic rings. The lowest BCUT2D eigenvalue weighted by Crippen LogP contribution is -1.80. The Bertz CT molecular complexity index is 487. The molecule has 1 aromatic heterocycles. The number of fused-ring (bicyclic) bond motifs is 1. The van der Waals surface area contributed by atoms with E-state index in [2.05, 4.69) is 29.2 Å². The molecule has 0 atom stereocenters. The minimum atomic E-state index is 1.08. The molecular formula is C11H7N. The van der Waals surface area contributed by atoms with Gasteiger partial charge in [-0.25, -0.2) is 0 Å². The summed E-state index contributed by atoms with van der Waals surface area (Å²) in [6.07, 6.45) is 1.90. The minimum absolute atomic E-state index is 1.08. The van der Waals surface area contributed by atoms with E-state index in [4.69, 9.17) is 0 Å². The largest absolute Gasteiger partial charge is 0.256 e. The van der Waals surface area contributed by atoms with Crippen LogP contribution < -0.4 is 0 Å². The zero-order valence-electron chi connectivity index (χ0n) is 6.49. The normalized spacial score (nSPS) is 11.3. The van der Waals surface area contributed by atoms with Crippen LogP contribution in [0.4, 0.5) is 0 Å². The van der Waals surface area contributed by atoms with E-state index in [0.717, 1.165) is 5.52 Å². The van der Waals surface area contributed by atoms with E-state index in [1.165, 1.54) is 16.2 Å². The molecule has 3 aromatic rings. The maximum atomic E-state index is 4.34. The van der Waals surface area contributed by atoms with Crippen molar-refractivity contribution in [3.8, 4) is 0 Å². The summed E-state index contributed by atoms with van der Waals surface area (Å²) in [6, 6.07) is 12.6. The van der Waals surface area contributed by atoms with Gasteiger partial charge in [0.1, 0.15) is 0 Å². The fourth-order valence-corrected chi connectivity index (χ4v) is 1.61. The van der Waals surface area contributed by atoms with Crippen molar-refractivity contribution < 1.29 is 0 Å². The van der Waals surface area contributed by atoms with Gasteiger partial charge in [0.05, 0.1) is 5.52 Å². The van der Waals surface area contributed by atoms with E-state index in [0.29, 0.717) is 0 Å². The van der Waals surface area contributed by atoms with Crippen LogP contribution in [0.5, 0.6) is 0 Å². The van der Waals surface area contributed by atoms with Crippen molar-refractivity contribution in [1.29, 1.82) is 0 Å². The van der Waals surface area contributed by atoms with Gasteiger partial charge in [0.15, 0.2) is 0 Å². The lowest BCUT2D eigenvalue weighted by atomic mass is 10.1. The third-order valence-corrected chi connectivity index (χ3v) is 2.24. The first-order valence-corrected chi connectivity index (χ1v) is 4.00. The Morgan fingerprint density at radius 1 is 1.00 bits per heavy atom. The smallest absolute Gasteiger partial charge is 0.0708 e. The third kappa shape index (κ3) is 0.654. The molecule has 12 heavy (non-hydrogen) atoms. The van der Waals surface area contributed by atoms with Crippen molar-refractivity contribution in [2.75, 3.05) is 0 Å². The number of hydrogen-bond donors (Lipinski definition) is 0. The van der Waals surface area contributed by atoms with Crippen LogP contribution in [0.2, 0.25) is 0 Å². The Kier molecular flexibility index (Phi) is 0.965. The molecule has 0 N–H and O–H groups in total. The van der Waals surface area contributed by atoms with E-state index in [9.17, 15) is 0 Å². The standard InChI is InChI=1S/C11H7N/c1-2-9-5-4-8-6-10(9)11(3-1)12-7-8/h1-7H. The zero-order chi connectivity index (χ0) is 7.97. The second kappa shape index (κ2) is 1.95. The highest BCUT2D eigenvalue weighted by atomic mass is 14.6. The third-order valence-electron chi connectivity index (χ3n) is 2.24. The summed E-state index contributed by atoms with van der Waals surface area (Å²) in [5, 5.41) is 3.73. The van der Waals surface area contributed by atoms with Gasteiger partial charge < -0.3 is 0 Å². The van der Waals surface area contributed by atoms with Gasteiger partial charge in [-0.2, -0.15) is 0 Å². The van der Waals surface area contributed by atoms with Crippen molar-refractivity contribution in [1.82, 2.24) is 4.98 Å². The highest BCUT2D eigenvalue weighted by Crippen LogP contribution is 2.21. The number of pyridine rings is 1. The van der Waals surface area contributed by atoms with Crippen LogP contribution in [0.3, 0.4) is 0 Å². The van der Waals surface area contributed by atoms with Gasteiger partial charge in [-0.15, -0.1) is 0 Å². The molecule has 0 spiro atoms. The first-order chi connectivity index (χ1) is 5.93. The molecule has 0 fully saturated rings. The van der Waals surface area contributed by atoms with Crippen molar-refractivity contribution in [2.24, 2.45) is 0 Å². The number of nitrogens with zero attached hydrogens (tertiary/aromatic N) is 1. The van der Waals surface area contributed by atoms with Crippen molar-refractivity contribution >= 4 is 21.7 Å². The lowest BCUT2D eigenvalue weighted by Gasteiger charge is -2.01. The van der Waals surface area contributed by atoms with Crippen LogP contribution in [0.15, 0.2) is 42.6 Å². The number of benzene rings is 2. The fraction of sp³-hybridized carbons (Fsp3) is 0. The average molecular weight is 153 g/mol. The van der Waals surface area contributed by atoms with Crippen molar-refractivity contribution in [3.05, 3.63) is 42.6 Å². The summed E-state index contributed by atoms with van der Waals surface area (Å²) in [4.78, 5) is 4.34. The molecular weight excluding hydrogens is 146 g/mol. The second-order valence-electron chi connectivity index (χ2n) is 3.02. The lowest BCUT2D eigenvalue weighted by molar-refractivity contribution is 1.44. The number of rotatable bonds is 0. The summed E-state index contributed by atoms with van der Waals surface area (Å²) < 4.78 is 0. The second-order valence-corrected chi connectivity index (χ2v) is 3.02. The van der Waals surface area contributed by atoms with Crippen LogP contribution in [-0.4, -0.2) is 4.98 Å². The van der Waals surface area contributed by atoms with Crippen LogP contribution in [0.25, 0.3) is 21.7 Å². The van der Waals surface area contributed by atoms with E-state index in [1.54, 1.807) is 0 Å². The summed E-state index contributed by atoms with van der Waals surface area (Å²) >= 11 is 0. The van der Waals surface area contributed by atoms with E-state index < -0.39 is 0 Å². The van der Waals surface area contributed by atoms with Crippen LogP contribution >= 0.6 is 0 Å². The molecule has 1 nitrogen and oxygen atoms in total. The Labute approximate surface area is 70.0 Å². The maximum absolute atomic E-state index is 4.34. The molecule has 0 aliphatic heterocycles. The van der Waals surface area contributed by atoms with Crippen LogP contribution in [0, 0.1) is 0 Å². The predicted molar refractivity (Wildman–Crippen MR) is 50.4 cm³/mol. The molecule has 0 radical (unpaired) electrons. The van der Waals surface area contributed by atoms with E-state index >= 15 is 0 Å². The van der Waals surface area contributed by atoms with Crippen molar-refractivity contribution in [2.45, 2.75) is 0 Å². The van der Waals surface area contributed by atoms with Crippen LogP contribution in [-0.2, 0) is 0 Å². The molecule has 0 amide bonds. The van der Waals surface area contributed by atoms with Crippen molar-refractivity contribution in [3.63, 3.8) is 0 Å². The SMILES string of the molecule is c1cc2ccc3cnc(c1)c2c3. The molecule has 0 saturated heterocycles. The Morgan fingerprint density at radius 3 is 3.00 bits per heavy atom. The highest BCUT2D eigenvalue weighted by Gasteiger charge is 1.98. The molecule has 2 bridgehead atoms. The predicted octanol–water partition coefficient (Wildman–Crippen LogP) is 2.83. The summed E-state index contributed by atoms with van der Waals surface area (Å²) in [7, 11) is 0. The molecule has 1 heterocycles. The number of hydrogen-bond acceptors (Lipinski definition) is 1. The summed E-state index contributed by atoms with van der Waals surface area (Å²) in [5.41, 5.74) is 1.08. The van der Waals surface area contributed by atoms with Gasteiger partial charge in [0.2, 0.25) is 0 Å². The van der Waals surface area contributed by atoms with Gasteiger partial charge in [0.25, 0.3) is 0 Å². The molecule has 2 aromatic carbocycles. The average Bonchev–Trinajstić information content (AvgIpc) is 2.17. The Balaban J connectivity index is 2.73. The first-order valence-electron chi connectivity index (χ1n) is 4.00. The van der Waals surface area contributed by atoms with Gasteiger partial charge in [-0.3, -0.25) is 4.98 Å². The first kappa shape index (κ1) is 5.95. The molecule has 3 rings (SSSR count). The monoisotopic (exact) mass is 153 g/mol. The maximum Gasteiger partial charge on any atom is 0.0708 e. The van der Waals surface area contributed by atoms with Crippen LogP contribution in [0.1, 0.15) is 0 Å².